The van der Waals surface area contributed by atoms with Gasteiger partial charge in [0.05, 0.1) is 12.2 Å². The van der Waals surface area contributed by atoms with Crippen LogP contribution in [0.15, 0.2) is 100 Å². The second-order valence-corrected chi connectivity index (χ2v) is 11.7. The Morgan fingerprint density at radius 1 is 0.812 bits per heavy atom. The van der Waals surface area contributed by atoms with Crippen molar-refractivity contribution in [3.8, 4) is 0 Å². The number of rotatable bonds is 5. The van der Waals surface area contributed by atoms with Gasteiger partial charge in [-0.05, 0) is 49.2 Å². The van der Waals surface area contributed by atoms with Crippen LogP contribution in [0.4, 0.5) is 0 Å². The van der Waals surface area contributed by atoms with Gasteiger partial charge in [-0.3, -0.25) is 9.09 Å². The van der Waals surface area contributed by atoms with Crippen LogP contribution < -0.4 is 38.7 Å². The van der Waals surface area contributed by atoms with Crippen LogP contribution in [0, 0.1) is 0 Å². The van der Waals surface area contributed by atoms with Gasteiger partial charge in [-0.25, -0.2) is 4.79 Å². The first-order valence-electron chi connectivity index (χ1n) is 10.9. The molecule has 0 bridgehead atoms. The Bertz CT molecular complexity index is 1100. The predicted octanol–water partition coefficient (Wildman–Crippen LogP) is 1.10. The average Bonchev–Trinajstić information content (AvgIpc) is 3.08. The van der Waals surface area contributed by atoms with E-state index in [1.165, 1.54) is 15.9 Å². The van der Waals surface area contributed by atoms with Crippen molar-refractivity contribution in [2.24, 2.45) is 0 Å². The molecule has 6 heteroatoms. The predicted molar refractivity (Wildman–Crippen MR) is 127 cm³/mol. The van der Waals surface area contributed by atoms with Gasteiger partial charge in [0.15, 0.2) is 5.82 Å². The topological polar surface area (TPSA) is 48.0 Å². The lowest BCUT2D eigenvalue weighted by Gasteiger charge is -2.31. The minimum Gasteiger partial charge on any atom is -1.00 e. The monoisotopic (exact) mass is 508 g/mol. The number of aromatic nitrogens is 2. The Hall–Kier alpha value is -2.49. The van der Waals surface area contributed by atoms with Crippen LogP contribution in [-0.2, 0) is 6.42 Å². The molecule has 4 nitrogen and oxygen atoms in total. The Morgan fingerprint density at radius 3 is 1.81 bits per heavy atom. The summed E-state index contributed by atoms with van der Waals surface area (Å²) in [5.74, 6) is 0.467. The first-order valence-corrected chi connectivity index (χ1v) is 12.9. The Morgan fingerprint density at radius 2 is 1.31 bits per heavy atom. The number of nitrogens with zero attached hydrogens (tertiary/aromatic N) is 2. The zero-order valence-corrected chi connectivity index (χ0v) is 20.3. The molecule has 1 unspecified atom stereocenters. The van der Waals surface area contributed by atoms with Crippen LogP contribution >= 0.6 is 7.26 Å². The summed E-state index contributed by atoms with van der Waals surface area (Å²) >= 11 is 0. The normalized spacial score (nSPS) is 15.9. The maximum absolute atomic E-state index is 12.7. The van der Waals surface area contributed by atoms with Crippen LogP contribution in [0.25, 0.3) is 0 Å². The summed E-state index contributed by atoms with van der Waals surface area (Å²) in [6, 6.07) is 32.5. The van der Waals surface area contributed by atoms with E-state index in [0.29, 0.717) is 0 Å². The van der Waals surface area contributed by atoms with E-state index in [1.54, 1.807) is 0 Å². The lowest BCUT2D eigenvalue weighted by atomic mass is 10.1. The van der Waals surface area contributed by atoms with Gasteiger partial charge < -0.3 is 17.0 Å². The second kappa shape index (κ2) is 9.97. The van der Waals surface area contributed by atoms with Crippen molar-refractivity contribution in [1.29, 1.82) is 0 Å². The van der Waals surface area contributed by atoms with Crippen molar-refractivity contribution in [3.05, 3.63) is 107 Å². The molecular formula is C26H26BrN2O2P. The summed E-state index contributed by atoms with van der Waals surface area (Å²) < 4.78 is 6.95. The minimum absolute atomic E-state index is 0. The number of hydrogen-bond donors (Lipinski definition) is 0. The fourth-order valence-electron chi connectivity index (χ4n) is 4.90. The van der Waals surface area contributed by atoms with Gasteiger partial charge in [0.2, 0.25) is 0 Å². The lowest BCUT2D eigenvalue weighted by molar-refractivity contribution is -0.00000671. The molecule has 0 amide bonds. The molecule has 1 aliphatic rings. The van der Waals surface area contributed by atoms with E-state index in [0.717, 1.165) is 37.7 Å². The summed E-state index contributed by atoms with van der Waals surface area (Å²) in [6.07, 6.45) is 4.76. The largest absolute Gasteiger partial charge is 1.00 e. The van der Waals surface area contributed by atoms with Crippen LogP contribution in [0.1, 0.15) is 31.1 Å². The van der Waals surface area contributed by atoms with E-state index in [9.17, 15) is 4.79 Å². The van der Waals surface area contributed by atoms with Gasteiger partial charge in [0, 0.05) is 6.42 Å². The van der Waals surface area contributed by atoms with Crippen LogP contribution in [0.3, 0.4) is 0 Å². The molecule has 0 aliphatic carbocycles. The number of aryl methyl sites for hydroxylation is 1. The molecule has 32 heavy (non-hydrogen) atoms. The SMILES string of the molecule is O=c1onc2n1C(C[P+](c1ccccc1)(c1ccccc1)c1ccccc1)CCCC2.[Br-]. The highest BCUT2D eigenvalue weighted by Crippen LogP contribution is 2.57. The summed E-state index contributed by atoms with van der Waals surface area (Å²) in [5.41, 5.74) is 0. The van der Waals surface area contributed by atoms with Gasteiger partial charge in [-0.2, -0.15) is 0 Å². The lowest BCUT2D eigenvalue weighted by Crippen LogP contribution is -3.00. The van der Waals surface area contributed by atoms with Crippen molar-refractivity contribution in [2.45, 2.75) is 31.7 Å². The smallest absolute Gasteiger partial charge is 0.441 e. The van der Waals surface area contributed by atoms with Gasteiger partial charge in [0.1, 0.15) is 23.2 Å². The molecule has 0 N–H and O–H groups in total. The van der Waals surface area contributed by atoms with Gasteiger partial charge >= 0.3 is 5.76 Å². The average molecular weight is 509 g/mol. The molecule has 2 heterocycles. The highest BCUT2D eigenvalue weighted by atomic mass is 79.9. The fraction of sp³-hybridized carbons (Fsp3) is 0.231. The third-order valence-electron chi connectivity index (χ3n) is 6.33. The van der Waals surface area contributed by atoms with E-state index in [-0.39, 0.29) is 28.8 Å². The Labute approximate surface area is 199 Å². The second-order valence-electron chi connectivity index (χ2n) is 8.13. The highest BCUT2D eigenvalue weighted by molar-refractivity contribution is 7.95. The highest BCUT2D eigenvalue weighted by Gasteiger charge is 2.48. The Balaban J connectivity index is 0.00000245. The summed E-state index contributed by atoms with van der Waals surface area (Å²) in [4.78, 5) is 12.7. The molecule has 0 saturated carbocycles. The van der Waals surface area contributed by atoms with E-state index in [1.807, 2.05) is 4.57 Å². The van der Waals surface area contributed by atoms with Crippen LogP contribution in [0.2, 0.25) is 0 Å². The molecule has 0 saturated heterocycles. The molecule has 1 aromatic heterocycles. The zero-order chi connectivity index (χ0) is 21.1. The fourth-order valence-corrected chi connectivity index (χ4v) is 9.45. The molecule has 0 radical (unpaired) electrons. The molecular weight excluding hydrogens is 483 g/mol. The van der Waals surface area contributed by atoms with Gasteiger partial charge in [-0.1, -0.05) is 66.2 Å². The molecule has 5 rings (SSSR count). The third kappa shape index (κ3) is 4.12. The molecule has 0 spiro atoms. The van der Waals surface area contributed by atoms with Gasteiger partial charge in [0.25, 0.3) is 0 Å². The maximum atomic E-state index is 12.7. The standard InChI is InChI=1S/C26H26N2O2P.BrH/c29-26-28-21(12-10-11-19-25(28)27-30-26)20-31(22-13-4-1-5-14-22,23-15-6-2-7-16-23)24-17-8-3-9-18-24;/h1-9,13-18,21H,10-12,19-20H2;1H/q+1;/p-1. The first kappa shape index (κ1) is 22.7. The van der Waals surface area contributed by atoms with E-state index < -0.39 is 7.26 Å². The summed E-state index contributed by atoms with van der Waals surface area (Å²) in [7, 11) is -2.02. The maximum Gasteiger partial charge on any atom is 0.441 e. The van der Waals surface area contributed by atoms with E-state index >= 15 is 0 Å². The number of fused-ring (bicyclic) bond motifs is 1. The van der Waals surface area contributed by atoms with Crippen molar-refractivity contribution >= 4 is 23.2 Å². The number of hydrogen-bond acceptors (Lipinski definition) is 3. The van der Waals surface area contributed by atoms with Crippen molar-refractivity contribution < 1.29 is 21.5 Å². The summed E-state index contributed by atoms with van der Waals surface area (Å²) in [5, 5.41) is 8.11. The summed E-state index contributed by atoms with van der Waals surface area (Å²) in [6.45, 7) is 0. The Kier molecular flexibility index (Phi) is 7.07. The molecule has 1 atom stereocenters. The van der Waals surface area contributed by atoms with Crippen molar-refractivity contribution in [1.82, 2.24) is 9.72 Å². The molecule has 1 aliphatic heterocycles. The minimum atomic E-state index is -2.02. The number of halogens is 1. The van der Waals surface area contributed by atoms with Crippen LogP contribution in [0.5, 0.6) is 0 Å². The van der Waals surface area contributed by atoms with Crippen molar-refractivity contribution in [3.63, 3.8) is 0 Å². The first-order chi connectivity index (χ1) is 15.3. The van der Waals surface area contributed by atoms with Gasteiger partial charge in [-0.15, -0.1) is 0 Å². The molecule has 3 aromatic carbocycles. The molecule has 0 fully saturated rings. The third-order valence-corrected chi connectivity index (χ3v) is 10.8. The quantitative estimate of drug-likeness (QED) is 0.379. The zero-order valence-electron chi connectivity index (χ0n) is 17.8. The molecule has 4 aromatic rings. The van der Waals surface area contributed by atoms with E-state index in [2.05, 4.69) is 96.2 Å². The van der Waals surface area contributed by atoms with E-state index in [4.69, 9.17) is 4.52 Å². The molecule has 164 valence electrons. The van der Waals surface area contributed by atoms with Crippen molar-refractivity contribution in [2.75, 3.05) is 6.16 Å². The number of benzene rings is 3. The van der Waals surface area contributed by atoms with Crippen LogP contribution in [-0.4, -0.2) is 15.9 Å².